The number of para-hydroxylation sites is 1. The first-order chi connectivity index (χ1) is 14.8. The van der Waals surface area contributed by atoms with Crippen LogP contribution in [0.25, 0.3) is 0 Å². The third-order valence-electron chi connectivity index (χ3n) is 5.75. The molecule has 0 spiro atoms. The van der Waals surface area contributed by atoms with Gasteiger partial charge in [-0.3, -0.25) is 4.79 Å². The molecule has 2 aromatic carbocycles. The molecule has 7 heteroatoms. The molecule has 0 atom stereocenters. The molecule has 0 heterocycles. The first kappa shape index (κ1) is 23.3. The number of benzene rings is 2. The van der Waals surface area contributed by atoms with Crippen molar-refractivity contribution in [2.24, 2.45) is 0 Å². The molecule has 2 aromatic rings. The van der Waals surface area contributed by atoms with Crippen LogP contribution in [0.15, 0.2) is 41.3 Å². The zero-order chi connectivity index (χ0) is 22.4. The summed E-state index contributed by atoms with van der Waals surface area (Å²) in [4.78, 5) is 12.6. The van der Waals surface area contributed by atoms with E-state index in [4.69, 9.17) is 4.74 Å². The second-order valence-corrected chi connectivity index (χ2v) is 9.90. The summed E-state index contributed by atoms with van der Waals surface area (Å²) in [5.41, 5.74) is 3.57. The fraction of sp³-hybridized carbons (Fsp3) is 0.458. The summed E-state index contributed by atoms with van der Waals surface area (Å²) in [6.07, 6.45) is 5.87. The van der Waals surface area contributed by atoms with Crippen molar-refractivity contribution in [3.63, 3.8) is 0 Å². The van der Waals surface area contributed by atoms with Crippen molar-refractivity contribution in [2.45, 2.75) is 70.2 Å². The van der Waals surface area contributed by atoms with Gasteiger partial charge in [-0.15, -0.1) is 0 Å². The number of sulfonamides is 1. The monoisotopic (exact) mass is 444 g/mol. The van der Waals surface area contributed by atoms with Gasteiger partial charge in [-0.1, -0.05) is 44.4 Å². The number of carbonyl (C=O) groups excluding carboxylic acids is 1. The van der Waals surface area contributed by atoms with Crippen LogP contribution in [0.5, 0.6) is 5.75 Å². The summed E-state index contributed by atoms with van der Waals surface area (Å²) in [6.45, 7) is 5.64. The Balaban J connectivity index is 1.62. The van der Waals surface area contributed by atoms with Gasteiger partial charge in [0.2, 0.25) is 10.0 Å². The highest BCUT2D eigenvalue weighted by atomic mass is 32.2. The molecule has 0 unspecified atom stereocenters. The van der Waals surface area contributed by atoms with Gasteiger partial charge in [0.15, 0.2) is 6.61 Å². The van der Waals surface area contributed by atoms with Gasteiger partial charge in [0.25, 0.3) is 5.91 Å². The van der Waals surface area contributed by atoms with Gasteiger partial charge >= 0.3 is 0 Å². The molecule has 31 heavy (non-hydrogen) atoms. The van der Waals surface area contributed by atoms with E-state index in [-0.39, 0.29) is 23.5 Å². The maximum absolute atomic E-state index is 12.7. The summed E-state index contributed by atoms with van der Waals surface area (Å²) in [5.74, 6) is 0.242. The van der Waals surface area contributed by atoms with Crippen LogP contribution in [0, 0.1) is 13.8 Å². The number of hydrogen-bond donors (Lipinski definition) is 2. The molecule has 3 rings (SSSR count). The number of aryl methyl sites for hydroxylation is 3. The Hall–Kier alpha value is -2.38. The average Bonchev–Trinajstić information content (AvgIpc) is 2.74. The van der Waals surface area contributed by atoms with Gasteiger partial charge in [-0.25, -0.2) is 13.1 Å². The largest absolute Gasteiger partial charge is 0.483 e. The maximum Gasteiger partial charge on any atom is 0.262 e. The van der Waals surface area contributed by atoms with Crippen LogP contribution in [-0.4, -0.2) is 27.0 Å². The Labute approximate surface area is 185 Å². The van der Waals surface area contributed by atoms with E-state index in [1.807, 2.05) is 32.0 Å². The lowest BCUT2D eigenvalue weighted by molar-refractivity contribution is -0.118. The van der Waals surface area contributed by atoms with Gasteiger partial charge in [-0.2, -0.15) is 0 Å². The number of hydrogen-bond acceptors (Lipinski definition) is 4. The Morgan fingerprint density at radius 3 is 2.48 bits per heavy atom. The smallest absolute Gasteiger partial charge is 0.262 e. The van der Waals surface area contributed by atoms with E-state index < -0.39 is 10.0 Å². The van der Waals surface area contributed by atoms with E-state index in [0.717, 1.165) is 48.9 Å². The molecule has 0 radical (unpaired) electrons. The zero-order valence-electron chi connectivity index (χ0n) is 18.5. The van der Waals surface area contributed by atoms with Gasteiger partial charge < -0.3 is 10.1 Å². The first-order valence-corrected chi connectivity index (χ1v) is 12.4. The highest BCUT2D eigenvalue weighted by Crippen LogP contribution is 2.25. The minimum Gasteiger partial charge on any atom is -0.483 e. The quantitative estimate of drug-likeness (QED) is 0.628. The van der Waals surface area contributed by atoms with Crippen molar-refractivity contribution in [1.29, 1.82) is 0 Å². The molecule has 6 nitrogen and oxygen atoms in total. The van der Waals surface area contributed by atoms with Crippen LogP contribution in [0.3, 0.4) is 0 Å². The van der Waals surface area contributed by atoms with E-state index >= 15 is 0 Å². The third-order valence-corrected chi connectivity index (χ3v) is 7.27. The molecule has 1 aliphatic rings. The van der Waals surface area contributed by atoms with E-state index in [1.165, 1.54) is 12.5 Å². The molecular weight excluding hydrogens is 412 g/mol. The number of carbonyl (C=O) groups is 1. The molecule has 1 amide bonds. The molecule has 2 N–H and O–H groups in total. The molecule has 0 bridgehead atoms. The van der Waals surface area contributed by atoms with Gasteiger partial charge in [0, 0.05) is 11.7 Å². The summed E-state index contributed by atoms with van der Waals surface area (Å²) in [6, 6.07) is 10.7. The Bertz CT molecular complexity index is 1030. The lowest BCUT2D eigenvalue weighted by atomic mass is 9.96. The Morgan fingerprint density at radius 2 is 1.81 bits per heavy atom. The van der Waals surface area contributed by atoms with Crippen LogP contribution in [0.1, 0.15) is 55.7 Å². The molecule has 0 saturated heterocycles. The predicted octanol–water partition coefficient (Wildman–Crippen LogP) is 4.49. The summed E-state index contributed by atoms with van der Waals surface area (Å²) in [7, 11) is -3.57. The molecule has 0 aromatic heterocycles. The topological polar surface area (TPSA) is 84.5 Å². The van der Waals surface area contributed by atoms with Gasteiger partial charge in [-0.05, 0) is 68.0 Å². The Morgan fingerprint density at radius 1 is 1.06 bits per heavy atom. The van der Waals surface area contributed by atoms with E-state index in [2.05, 4.69) is 10.0 Å². The van der Waals surface area contributed by atoms with Crippen molar-refractivity contribution in [2.75, 3.05) is 11.9 Å². The van der Waals surface area contributed by atoms with Gasteiger partial charge in [0.05, 0.1) is 4.90 Å². The minimum atomic E-state index is -3.57. The normalized spacial score (nSPS) is 14.9. The molecular formula is C24H32N2O4S. The SMILES string of the molecule is CCc1cccc(C)c1NC(=O)COc1ccc(S(=O)(=O)NC2CCCCC2)cc1C. The number of ether oxygens (including phenoxy) is 1. The third kappa shape index (κ3) is 6.08. The number of rotatable bonds is 8. The van der Waals surface area contributed by atoms with Gasteiger partial charge in [0.1, 0.15) is 5.75 Å². The van der Waals surface area contributed by atoms with Crippen LogP contribution in [0.2, 0.25) is 0 Å². The van der Waals surface area contributed by atoms with Crippen LogP contribution in [-0.2, 0) is 21.2 Å². The lowest BCUT2D eigenvalue weighted by Crippen LogP contribution is -2.36. The van der Waals surface area contributed by atoms with Crippen LogP contribution < -0.4 is 14.8 Å². The fourth-order valence-corrected chi connectivity index (χ4v) is 5.37. The van der Waals surface area contributed by atoms with E-state index in [9.17, 15) is 13.2 Å². The summed E-state index contributed by atoms with van der Waals surface area (Å²) >= 11 is 0. The highest BCUT2D eigenvalue weighted by Gasteiger charge is 2.22. The Kier molecular flexibility index (Phi) is 7.73. The van der Waals surface area contributed by atoms with Crippen molar-refractivity contribution in [1.82, 2.24) is 4.72 Å². The standard InChI is InChI=1S/C24H32N2O4S/c1-4-19-10-8-9-17(2)24(19)25-23(27)16-30-22-14-13-21(15-18(22)3)31(28,29)26-20-11-6-5-7-12-20/h8-10,13-15,20,26H,4-7,11-12,16H2,1-3H3,(H,25,27). The predicted molar refractivity (Wildman–Crippen MR) is 123 cm³/mol. The second-order valence-electron chi connectivity index (χ2n) is 8.18. The molecule has 1 aliphatic carbocycles. The second kappa shape index (κ2) is 10.3. The zero-order valence-corrected chi connectivity index (χ0v) is 19.3. The number of anilines is 1. The van der Waals surface area contributed by atoms with Crippen molar-refractivity contribution >= 4 is 21.6 Å². The molecule has 1 saturated carbocycles. The average molecular weight is 445 g/mol. The lowest BCUT2D eigenvalue weighted by Gasteiger charge is -2.22. The summed E-state index contributed by atoms with van der Waals surface area (Å²) in [5, 5.41) is 2.93. The highest BCUT2D eigenvalue weighted by molar-refractivity contribution is 7.89. The number of nitrogens with one attached hydrogen (secondary N) is 2. The number of amides is 1. The van der Waals surface area contributed by atoms with Crippen LogP contribution >= 0.6 is 0 Å². The van der Waals surface area contributed by atoms with Crippen molar-refractivity contribution in [3.8, 4) is 5.75 Å². The van der Waals surface area contributed by atoms with E-state index in [0.29, 0.717) is 11.3 Å². The fourth-order valence-electron chi connectivity index (χ4n) is 3.98. The molecule has 168 valence electrons. The van der Waals surface area contributed by atoms with Crippen molar-refractivity contribution in [3.05, 3.63) is 53.1 Å². The molecule has 1 fully saturated rings. The molecule has 0 aliphatic heterocycles. The van der Waals surface area contributed by atoms with Crippen LogP contribution in [0.4, 0.5) is 5.69 Å². The maximum atomic E-state index is 12.7. The van der Waals surface area contributed by atoms with E-state index in [1.54, 1.807) is 19.1 Å². The first-order valence-electron chi connectivity index (χ1n) is 10.9. The summed E-state index contributed by atoms with van der Waals surface area (Å²) < 4.78 is 33.9. The van der Waals surface area contributed by atoms with Crippen molar-refractivity contribution < 1.29 is 17.9 Å². The minimum absolute atomic E-state index is 0.00753.